The molecule has 0 aliphatic rings. The first-order chi connectivity index (χ1) is 11.6. The number of amides is 1. The summed E-state index contributed by atoms with van der Waals surface area (Å²) in [7, 11) is 0. The van der Waals surface area contributed by atoms with Crippen molar-refractivity contribution in [3.05, 3.63) is 52.7 Å². The Morgan fingerprint density at radius 1 is 1.38 bits per heavy atom. The highest BCUT2D eigenvalue weighted by atomic mass is 32.2. The van der Waals surface area contributed by atoms with Crippen LogP contribution >= 0.6 is 23.1 Å². The summed E-state index contributed by atoms with van der Waals surface area (Å²) >= 11 is 2.67. The standard InChI is InChI=1S/C16H14FN3O2S2/c1-10-4-5-11(7-12(10)17)8-18-14(21)9-24-16-20-19-15(22-16)13-3-2-6-23-13/h2-7H,8-9H2,1H3,(H,18,21). The predicted octanol–water partition coefficient (Wildman–Crippen LogP) is 3.65. The van der Waals surface area contributed by atoms with Crippen molar-refractivity contribution in [2.45, 2.75) is 18.7 Å². The second-order valence-electron chi connectivity index (χ2n) is 5.00. The average molecular weight is 363 g/mol. The molecule has 5 nitrogen and oxygen atoms in total. The van der Waals surface area contributed by atoms with E-state index in [1.54, 1.807) is 19.1 Å². The monoisotopic (exact) mass is 363 g/mol. The predicted molar refractivity (Wildman–Crippen MR) is 91.3 cm³/mol. The number of carbonyl (C=O) groups is 1. The van der Waals surface area contributed by atoms with Crippen LogP contribution in [0.5, 0.6) is 0 Å². The third-order valence-electron chi connectivity index (χ3n) is 3.19. The van der Waals surface area contributed by atoms with Crippen LogP contribution in [-0.4, -0.2) is 21.9 Å². The molecule has 0 bridgehead atoms. The molecule has 3 rings (SSSR count). The highest BCUT2D eigenvalue weighted by Gasteiger charge is 2.11. The SMILES string of the molecule is Cc1ccc(CNC(=O)CSc2nnc(-c3cccs3)o2)cc1F. The molecule has 124 valence electrons. The van der Waals surface area contributed by atoms with E-state index in [9.17, 15) is 9.18 Å². The first-order valence-electron chi connectivity index (χ1n) is 7.14. The van der Waals surface area contributed by atoms with Gasteiger partial charge in [0, 0.05) is 6.54 Å². The van der Waals surface area contributed by atoms with Crippen LogP contribution in [0.4, 0.5) is 4.39 Å². The molecule has 0 spiro atoms. The molecule has 0 radical (unpaired) electrons. The number of benzene rings is 1. The average Bonchev–Trinajstić information content (AvgIpc) is 3.25. The number of nitrogens with one attached hydrogen (secondary N) is 1. The second-order valence-corrected chi connectivity index (χ2v) is 6.87. The minimum Gasteiger partial charge on any atom is -0.410 e. The van der Waals surface area contributed by atoms with Gasteiger partial charge in [0.05, 0.1) is 10.6 Å². The Bertz CT molecular complexity index is 834. The van der Waals surface area contributed by atoms with Crippen LogP contribution in [0.1, 0.15) is 11.1 Å². The lowest BCUT2D eigenvalue weighted by Gasteiger charge is -2.05. The van der Waals surface area contributed by atoms with Crippen LogP contribution < -0.4 is 5.32 Å². The van der Waals surface area contributed by atoms with Gasteiger partial charge in [-0.15, -0.1) is 21.5 Å². The number of thioether (sulfide) groups is 1. The summed E-state index contributed by atoms with van der Waals surface area (Å²) in [5.74, 6) is 0.142. The van der Waals surface area contributed by atoms with Crippen molar-refractivity contribution in [1.82, 2.24) is 15.5 Å². The Balaban J connectivity index is 1.48. The van der Waals surface area contributed by atoms with Gasteiger partial charge in [-0.3, -0.25) is 4.79 Å². The summed E-state index contributed by atoms with van der Waals surface area (Å²) in [5, 5.41) is 12.9. The zero-order valence-corrected chi connectivity index (χ0v) is 14.4. The number of rotatable bonds is 6. The number of hydrogen-bond donors (Lipinski definition) is 1. The lowest BCUT2D eigenvalue weighted by atomic mass is 10.1. The van der Waals surface area contributed by atoms with Gasteiger partial charge in [0.2, 0.25) is 5.91 Å². The maximum atomic E-state index is 13.4. The number of thiophene rings is 1. The Morgan fingerprint density at radius 3 is 3.00 bits per heavy atom. The van der Waals surface area contributed by atoms with E-state index in [4.69, 9.17) is 4.42 Å². The van der Waals surface area contributed by atoms with Gasteiger partial charge in [-0.2, -0.15) is 0 Å². The van der Waals surface area contributed by atoms with Crippen molar-refractivity contribution >= 4 is 29.0 Å². The molecular weight excluding hydrogens is 349 g/mol. The molecule has 2 heterocycles. The van der Waals surface area contributed by atoms with Crippen molar-refractivity contribution < 1.29 is 13.6 Å². The molecule has 0 fully saturated rings. The van der Waals surface area contributed by atoms with E-state index in [1.165, 1.54) is 29.2 Å². The zero-order valence-electron chi connectivity index (χ0n) is 12.8. The number of aryl methyl sites for hydroxylation is 1. The first kappa shape index (κ1) is 16.7. The fraction of sp³-hybridized carbons (Fsp3) is 0.188. The molecule has 0 saturated heterocycles. The van der Waals surface area contributed by atoms with Crippen LogP contribution in [-0.2, 0) is 11.3 Å². The van der Waals surface area contributed by atoms with Gasteiger partial charge in [-0.1, -0.05) is 30.0 Å². The number of aromatic nitrogens is 2. The van der Waals surface area contributed by atoms with Crippen LogP contribution in [0.3, 0.4) is 0 Å². The van der Waals surface area contributed by atoms with E-state index < -0.39 is 0 Å². The van der Waals surface area contributed by atoms with Gasteiger partial charge in [0.15, 0.2) is 0 Å². The Labute approximate surface area is 146 Å². The highest BCUT2D eigenvalue weighted by molar-refractivity contribution is 7.99. The molecule has 1 N–H and O–H groups in total. The molecule has 24 heavy (non-hydrogen) atoms. The summed E-state index contributed by atoms with van der Waals surface area (Å²) in [4.78, 5) is 12.8. The number of nitrogens with zero attached hydrogens (tertiary/aromatic N) is 2. The Morgan fingerprint density at radius 2 is 2.25 bits per heavy atom. The van der Waals surface area contributed by atoms with Crippen molar-refractivity contribution in [1.29, 1.82) is 0 Å². The largest absolute Gasteiger partial charge is 0.410 e. The van der Waals surface area contributed by atoms with Gasteiger partial charge in [-0.25, -0.2) is 4.39 Å². The molecule has 1 aromatic carbocycles. The molecule has 0 atom stereocenters. The fourth-order valence-electron chi connectivity index (χ4n) is 1.89. The van der Waals surface area contributed by atoms with Gasteiger partial charge < -0.3 is 9.73 Å². The summed E-state index contributed by atoms with van der Waals surface area (Å²) in [6.07, 6.45) is 0. The molecule has 2 aromatic heterocycles. The van der Waals surface area contributed by atoms with Crippen molar-refractivity contribution in [2.24, 2.45) is 0 Å². The van der Waals surface area contributed by atoms with E-state index >= 15 is 0 Å². The Hall–Kier alpha value is -2.19. The highest BCUT2D eigenvalue weighted by Crippen LogP contribution is 2.26. The van der Waals surface area contributed by atoms with Gasteiger partial charge in [-0.05, 0) is 35.6 Å². The minimum absolute atomic E-state index is 0.153. The van der Waals surface area contributed by atoms with Gasteiger partial charge in [0.25, 0.3) is 11.1 Å². The van der Waals surface area contributed by atoms with Crippen LogP contribution in [0.25, 0.3) is 10.8 Å². The topological polar surface area (TPSA) is 68.0 Å². The second kappa shape index (κ2) is 7.59. The maximum Gasteiger partial charge on any atom is 0.277 e. The lowest BCUT2D eigenvalue weighted by Crippen LogP contribution is -2.24. The normalized spacial score (nSPS) is 10.8. The zero-order chi connectivity index (χ0) is 16.9. The van der Waals surface area contributed by atoms with E-state index in [2.05, 4.69) is 15.5 Å². The minimum atomic E-state index is -0.275. The number of halogens is 1. The first-order valence-corrected chi connectivity index (χ1v) is 9.00. The van der Waals surface area contributed by atoms with E-state index in [1.807, 2.05) is 17.5 Å². The third kappa shape index (κ3) is 4.21. The van der Waals surface area contributed by atoms with Crippen molar-refractivity contribution in [2.75, 3.05) is 5.75 Å². The summed E-state index contributed by atoms with van der Waals surface area (Å²) in [6, 6.07) is 8.69. The molecule has 0 aliphatic carbocycles. The van der Waals surface area contributed by atoms with Crippen LogP contribution in [0, 0.1) is 12.7 Å². The van der Waals surface area contributed by atoms with Crippen LogP contribution in [0.15, 0.2) is 45.4 Å². The van der Waals surface area contributed by atoms with E-state index in [0.29, 0.717) is 22.2 Å². The molecule has 0 saturated carbocycles. The fourth-order valence-corrected chi connectivity index (χ4v) is 3.13. The summed E-state index contributed by atoms with van der Waals surface area (Å²) in [6.45, 7) is 1.98. The third-order valence-corrected chi connectivity index (χ3v) is 4.87. The number of hydrogen-bond acceptors (Lipinski definition) is 6. The van der Waals surface area contributed by atoms with E-state index in [0.717, 1.165) is 4.88 Å². The van der Waals surface area contributed by atoms with Crippen molar-refractivity contribution in [3.8, 4) is 10.8 Å². The molecule has 1 amide bonds. The summed E-state index contributed by atoms with van der Waals surface area (Å²) < 4.78 is 18.9. The Kier molecular flexibility index (Phi) is 5.27. The van der Waals surface area contributed by atoms with Gasteiger partial charge in [0.1, 0.15) is 5.82 Å². The van der Waals surface area contributed by atoms with Crippen molar-refractivity contribution in [3.63, 3.8) is 0 Å². The maximum absolute atomic E-state index is 13.4. The molecular formula is C16H14FN3O2S2. The lowest BCUT2D eigenvalue weighted by molar-refractivity contribution is -0.118. The smallest absolute Gasteiger partial charge is 0.277 e. The number of carbonyl (C=O) groups excluding carboxylic acids is 1. The molecule has 0 unspecified atom stereocenters. The summed E-state index contributed by atoms with van der Waals surface area (Å²) in [5.41, 5.74) is 1.30. The quantitative estimate of drug-likeness (QED) is 0.677. The van der Waals surface area contributed by atoms with Gasteiger partial charge >= 0.3 is 0 Å². The van der Waals surface area contributed by atoms with E-state index in [-0.39, 0.29) is 24.0 Å². The molecule has 0 aliphatic heterocycles. The van der Waals surface area contributed by atoms with Crippen LogP contribution in [0.2, 0.25) is 0 Å². The molecule has 8 heteroatoms. The molecule has 3 aromatic rings.